The second kappa shape index (κ2) is 4.20. The highest BCUT2D eigenvalue weighted by Gasteiger charge is 2.16. The van der Waals surface area contributed by atoms with Crippen LogP contribution >= 0.6 is 11.6 Å². The zero-order valence-electron chi connectivity index (χ0n) is 8.09. The minimum absolute atomic E-state index is 0.519. The maximum atomic E-state index is 5.94. The van der Waals surface area contributed by atoms with Gasteiger partial charge in [0.25, 0.3) is 0 Å². The molecule has 2 rings (SSSR count). The van der Waals surface area contributed by atoms with Crippen LogP contribution in [0.1, 0.15) is 18.4 Å². The molecule has 2 nitrogen and oxygen atoms in total. The second-order valence-corrected chi connectivity index (χ2v) is 4.20. The van der Waals surface area contributed by atoms with E-state index in [4.69, 9.17) is 17.3 Å². The van der Waals surface area contributed by atoms with Crippen molar-refractivity contribution in [2.75, 3.05) is 11.9 Å². The molecule has 3 heteroatoms. The summed E-state index contributed by atoms with van der Waals surface area (Å²) < 4.78 is 0. The largest absolute Gasteiger partial charge is 0.382 e. The van der Waals surface area contributed by atoms with Gasteiger partial charge in [-0.15, -0.1) is 0 Å². The van der Waals surface area contributed by atoms with Gasteiger partial charge in [-0.25, -0.2) is 0 Å². The van der Waals surface area contributed by atoms with Crippen LogP contribution in [-0.4, -0.2) is 12.6 Å². The first kappa shape index (κ1) is 9.81. The van der Waals surface area contributed by atoms with E-state index in [-0.39, 0.29) is 0 Å². The third-order valence-electron chi connectivity index (χ3n) is 2.71. The lowest BCUT2D eigenvalue weighted by Crippen LogP contribution is -2.27. The molecule has 0 radical (unpaired) electrons. The maximum absolute atomic E-state index is 5.94. The van der Waals surface area contributed by atoms with E-state index in [1.165, 1.54) is 17.7 Å². The standard InChI is InChI=1S/C11H15ClN2/c12-9-3-1-8-2-4-10(5-6-13)14-11(8)7-9/h1,3,7,10,14H,2,4-6,13H2. The van der Waals surface area contributed by atoms with Gasteiger partial charge in [-0.2, -0.15) is 0 Å². The number of rotatable bonds is 2. The Hall–Kier alpha value is -0.730. The van der Waals surface area contributed by atoms with E-state index in [2.05, 4.69) is 11.4 Å². The van der Waals surface area contributed by atoms with Crippen LogP contribution in [0.2, 0.25) is 5.02 Å². The summed E-state index contributed by atoms with van der Waals surface area (Å²) in [5.41, 5.74) is 8.09. The average molecular weight is 211 g/mol. The Balaban J connectivity index is 2.16. The lowest BCUT2D eigenvalue weighted by Gasteiger charge is -2.26. The van der Waals surface area contributed by atoms with Gasteiger partial charge in [0.2, 0.25) is 0 Å². The summed E-state index contributed by atoms with van der Waals surface area (Å²) in [5.74, 6) is 0. The van der Waals surface area contributed by atoms with E-state index in [0.717, 1.165) is 24.4 Å². The molecule has 14 heavy (non-hydrogen) atoms. The summed E-state index contributed by atoms with van der Waals surface area (Å²) >= 11 is 5.94. The summed E-state index contributed by atoms with van der Waals surface area (Å²) in [5, 5.41) is 4.27. The van der Waals surface area contributed by atoms with E-state index < -0.39 is 0 Å². The summed E-state index contributed by atoms with van der Waals surface area (Å²) in [6.45, 7) is 0.744. The smallest absolute Gasteiger partial charge is 0.0426 e. The first-order valence-electron chi connectivity index (χ1n) is 5.04. The van der Waals surface area contributed by atoms with Crippen LogP contribution in [-0.2, 0) is 6.42 Å². The predicted octanol–water partition coefficient (Wildman–Crippen LogP) is 2.42. The SMILES string of the molecule is NCCC1CCc2ccc(Cl)cc2N1. The van der Waals surface area contributed by atoms with Crippen molar-refractivity contribution >= 4 is 17.3 Å². The van der Waals surface area contributed by atoms with Crippen molar-refractivity contribution in [2.24, 2.45) is 5.73 Å². The predicted molar refractivity (Wildman–Crippen MR) is 60.9 cm³/mol. The summed E-state index contributed by atoms with van der Waals surface area (Å²) in [6, 6.07) is 6.57. The number of hydrogen-bond acceptors (Lipinski definition) is 2. The molecule has 1 aliphatic heterocycles. The van der Waals surface area contributed by atoms with E-state index in [9.17, 15) is 0 Å². The average Bonchev–Trinajstić information content (AvgIpc) is 2.17. The monoisotopic (exact) mass is 210 g/mol. The number of hydrogen-bond donors (Lipinski definition) is 2. The fraction of sp³-hybridized carbons (Fsp3) is 0.455. The van der Waals surface area contributed by atoms with Gasteiger partial charge in [0.1, 0.15) is 0 Å². The van der Waals surface area contributed by atoms with Crippen molar-refractivity contribution in [2.45, 2.75) is 25.3 Å². The number of aryl methyl sites for hydroxylation is 1. The van der Waals surface area contributed by atoms with E-state index >= 15 is 0 Å². The Labute approximate surface area is 89.4 Å². The number of nitrogens with two attached hydrogens (primary N) is 1. The highest BCUT2D eigenvalue weighted by molar-refractivity contribution is 6.30. The molecule has 1 aromatic carbocycles. The van der Waals surface area contributed by atoms with E-state index in [1.807, 2.05) is 12.1 Å². The van der Waals surface area contributed by atoms with Crippen LogP contribution in [0.5, 0.6) is 0 Å². The zero-order valence-corrected chi connectivity index (χ0v) is 8.85. The molecular formula is C11H15ClN2. The first-order valence-corrected chi connectivity index (χ1v) is 5.42. The van der Waals surface area contributed by atoms with Gasteiger partial charge in [-0.3, -0.25) is 0 Å². The van der Waals surface area contributed by atoms with Crippen molar-refractivity contribution < 1.29 is 0 Å². The molecule has 1 atom stereocenters. The van der Waals surface area contributed by atoms with Gasteiger partial charge >= 0.3 is 0 Å². The van der Waals surface area contributed by atoms with Crippen molar-refractivity contribution in [1.82, 2.24) is 0 Å². The molecule has 0 aliphatic carbocycles. The molecule has 76 valence electrons. The quantitative estimate of drug-likeness (QED) is 0.787. The molecule has 0 aromatic heterocycles. The molecule has 0 bridgehead atoms. The number of anilines is 1. The van der Waals surface area contributed by atoms with Crippen molar-refractivity contribution in [3.8, 4) is 0 Å². The third-order valence-corrected chi connectivity index (χ3v) is 2.94. The molecule has 1 unspecified atom stereocenters. The van der Waals surface area contributed by atoms with E-state index in [1.54, 1.807) is 0 Å². The minimum Gasteiger partial charge on any atom is -0.382 e. The van der Waals surface area contributed by atoms with Gasteiger partial charge in [0.05, 0.1) is 0 Å². The summed E-state index contributed by atoms with van der Waals surface area (Å²) in [7, 11) is 0. The van der Waals surface area contributed by atoms with Gasteiger partial charge < -0.3 is 11.1 Å². The Morgan fingerprint density at radius 1 is 1.50 bits per heavy atom. The molecule has 0 spiro atoms. The Kier molecular flexibility index (Phi) is 2.94. The molecule has 1 aromatic rings. The fourth-order valence-corrected chi connectivity index (χ4v) is 2.11. The van der Waals surface area contributed by atoms with Crippen LogP contribution in [0.25, 0.3) is 0 Å². The molecule has 0 amide bonds. The summed E-state index contributed by atoms with van der Waals surface area (Å²) in [4.78, 5) is 0. The number of nitrogens with one attached hydrogen (secondary N) is 1. The molecule has 0 saturated heterocycles. The van der Waals surface area contributed by atoms with Crippen LogP contribution in [0, 0.1) is 0 Å². The van der Waals surface area contributed by atoms with E-state index in [0.29, 0.717) is 6.04 Å². The Morgan fingerprint density at radius 2 is 2.36 bits per heavy atom. The number of benzene rings is 1. The summed E-state index contributed by atoms with van der Waals surface area (Å²) in [6.07, 6.45) is 3.34. The second-order valence-electron chi connectivity index (χ2n) is 3.76. The molecule has 1 aliphatic rings. The fourth-order valence-electron chi connectivity index (χ4n) is 1.94. The Morgan fingerprint density at radius 3 is 3.14 bits per heavy atom. The van der Waals surface area contributed by atoms with Gasteiger partial charge in [0.15, 0.2) is 0 Å². The highest BCUT2D eigenvalue weighted by Crippen LogP contribution is 2.28. The molecule has 0 fully saturated rings. The van der Waals surface area contributed by atoms with Crippen LogP contribution < -0.4 is 11.1 Å². The van der Waals surface area contributed by atoms with Gasteiger partial charge in [-0.05, 0) is 43.5 Å². The lowest BCUT2D eigenvalue weighted by molar-refractivity contribution is 0.593. The molecule has 1 heterocycles. The van der Waals surface area contributed by atoms with Gasteiger partial charge in [-0.1, -0.05) is 17.7 Å². The maximum Gasteiger partial charge on any atom is 0.0426 e. The number of fused-ring (bicyclic) bond motifs is 1. The molecule has 0 saturated carbocycles. The van der Waals surface area contributed by atoms with Crippen molar-refractivity contribution in [3.63, 3.8) is 0 Å². The Bertz CT molecular complexity index is 325. The van der Waals surface area contributed by atoms with Crippen molar-refractivity contribution in [3.05, 3.63) is 28.8 Å². The normalized spacial score (nSPS) is 20.0. The van der Waals surface area contributed by atoms with Gasteiger partial charge in [0, 0.05) is 16.8 Å². The highest BCUT2D eigenvalue weighted by atomic mass is 35.5. The van der Waals surface area contributed by atoms with Crippen LogP contribution in [0.15, 0.2) is 18.2 Å². The number of halogens is 1. The molecule has 3 N–H and O–H groups in total. The van der Waals surface area contributed by atoms with Crippen molar-refractivity contribution in [1.29, 1.82) is 0 Å². The van der Waals surface area contributed by atoms with Crippen LogP contribution in [0.3, 0.4) is 0 Å². The lowest BCUT2D eigenvalue weighted by atomic mass is 9.96. The zero-order chi connectivity index (χ0) is 9.97. The first-order chi connectivity index (χ1) is 6.79. The minimum atomic E-state index is 0.519. The molecular weight excluding hydrogens is 196 g/mol. The third kappa shape index (κ3) is 2.02. The van der Waals surface area contributed by atoms with Crippen LogP contribution in [0.4, 0.5) is 5.69 Å². The topological polar surface area (TPSA) is 38.0 Å².